The monoisotopic (exact) mass is 532 g/mol. The molecule has 12 heteroatoms. The van der Waals surface area contributed by atoms with Gasteiger partial charge in [-0.2, -0.15) is 0 Å². The number of halogens is 7. The van der Waals surface area contributed by atoms with E-state index in [9.17, 15) is 18.0 Å². The van der Waals surface area contributed by atoms with Crippen molar-refractivity contribution >= 4 is 52.4 Å². The first kappa shape index (κ1) is 26.3. The van der Waals surface area contributed by atoms with Crippen LogP contribution in [0.1, 0.15) is 13.3 Å². The Hall–Kier alpha value is -2.00. The molecule has 0 saturated heterocycles. The molecule has 0 aliphatic heterocycles. The van der Waals surface area contributed by atoms with E-state index >= 15 is 0 Å². The zero-order valence-corrected chi connectivity index (χ0v) is 19.2. The van der Waals surface area contributed by atoms with Crippen LogP contribution in [0.4, 0.5) is 13.2 Å². The Balaban J connectivity index is 2.10. The first-order valence-corrected chi connectivity index (χ1v) is 10.4. The first-order chi connectivity index (χ1) is 15.0. The molecule has 174 valence electrons. The van der Waals surface area contributed by atoms with Gasteiger partial charge in [0.05, 0.1) is 10.0 Å². The normalized spacial score (nSPS) is 12.0. The molecule has 0 aliphatic carbocycles. The lowest BCUT2D eigenvalue weighted by atomic mass is 10.2. The number of ether oxygens (including phenoxy) is 4. The highest BCUT2D eigenvalue weighted by Gasteiger charge is 2.31. The Bertz CT molecular complexity index is 955. The summed E-state index contributed by atoms with van der Waals surface area (Å²) < 4.78 is 57.1. The lowest BCUT2D eigenvalue weighted by Crippen LogP contribution is -2.31. The fraction of sp³-hybridized carbons (Fsp3) is 0.250. The van der Waals surface area contributed by atoms with Crippen LogP contribution in [-0.4, -0.2) is 25.0 Å². The van der Waals surface area contributed by atoms with E-state index in [0.717, 1.165) is 12.1 Å². The smallest absolute Gasteiger partial charge is 0.489 e. The highest BCUT2D eigenvalue weighted by Crippen LogP contribution is 2.38. The summed E-state index contributed by atoms with van der Waals surface area (Å²) in [5, 5.41) is 0.112. The molecule has 0 aliphatic rings. The van der Waals surface area contributed by atoms with E-state index in [0.29, 0.717) is 5.75 Å². The predicted molar refractivity (Wildman–Crippen MR) is 115 cm³/mol. The first-order valence-electron chi connectivity index (χ1n) is 8.85. The summed E-state index contributed by atoms with van der Waals surface area (Å²) in [5.41, 5.74) is 0. The van der Waals surface area contributed by atoms with Gasteiger partial charge in [0.15, 0.2) is 11.9 Å². The molecule has 0 saturated carbocycles. The Morgan fingerprint density at radius 1 is 1.06 bits per heavy atom. The van der Waals surface area contributed by atoms with E-state index in [1.54, 1.807) is 6.92 Å². The molecule has 0 aromatic heterocycles. The van der Waals surface area contributed by atoms with Crippen LogP contribution >= 0.6 is 46.4 Å². The second kappa shape index (κ2) is 11.7. The molecule has 0 amide bonds. The third-order valence-electron chi connectivity index (χ3n) is 3.61. The average molecular weight is 534 g/mol. The van der Waals surface area contributed by atoms with Crippen molar-refractivity contribution < 1.29 is 36.9 Å². The highest BCUT2D eigenvalue weighted by atomic mass is 35.5. The molecule has 0 heterocycles. The van der Waals surface area contributed by atoms with Gasteiger partial charge in [0, 0.05) is 18.2 Å². The Morgan fingerprint density at radius 2 is 1.69 bits per heavy atom. The zero-order valence-electron chi connectivity index (χ0n) is 16.2. The van der Waals surface area contributed by atoms with Crippen molar-refractivity contribution in [2.75, 3.05) is 6.61 Å². The van der Waals surface area contributed by atoms with Gasteiger partial charge in [-0.25, -0.2) is 4.79 Å². The van der Waals surface area contributed by atoms with Crippen molar-refractivity contribution in [3.63, 3.8) is 0 Å². The van der Waals surface area contributed by atoms with Crippen LogP contribution in [0.25, 0.3) is 0 Å². The molecule has 2 aromatic carbocycles. The number of benzene rings is 2. The van der Waals surface area contributed by atoms with Crippen LogP contribution in [0.15, 0.2) is 47.0 Å². The number of alkyl halides is 3. The summed E-state index contributed by atoms with van der Waals surface area (Å²) in [6.07, 6.45) is -4.47. The van der Waals surface area contributed by atoms with Gasteiger partial charge in [0.25, 0.3) is 0 Å². The highest BCUT2D eigenvalue weighted by molar-refractivity contribution is 6.55. The van der Waals surface area contributed by atoms with E-state index in [4.69, 9.17) is 60.6 Å². The lowest BCUT2D eigenvalue weighted by Gasteiger charge is -2.19. The molecule has 0 fully saturated rings. The van der Waals surface area contributed by atoms with Crippen LogP contribution in [0.3, 0.4) is 0 Å². The van der Waals surface area contributed by atoms with Crippen molar-refractivity contribution in [1.82, 2.24) is 0 Å². The van der Waals surface area contributed by atoms with Crippen molar-refractivity contribution in [3.05, 3.63) is 57.0 Å². The molecule has 2 aromatic rings. The number of esters is 1. The van der Waals surface area contributed by atoms with Crippen LogP contribution in [-0.2, 0) is 4.79 Å². The van der Waals surface area contributed by atoms with Gasteiger partial charge in [-0.3, -0.25) is 0 Å². The van der Waals surface area contributed by atoms with Gasteiger partial charge in [0.2, 0.25) is 0 Å². The number of carbonyl (C=O) groups is 1. The molecule has 1 atom stereocenters. The molecule has 2 rings (SSSR count). The second-order valence-electron chi connectivity index (χ2n) is 5.98. The SMILES string of the molecule is CCC(Oc1c(Cl)cc(OCC=C(Cl)Cl)cc1Cl)C(=O)Oc1cccc(OC(F)(F)F)c1. The van der Waals surface area contributed by atoms with Gasteiger partial charge in [-0.15, -0.1) is 13.2 Å². The van der Waals surface area contributed by atoms with Crippen LogP contribution in [0.5, 0.6) is 23.0 Å². The molecule has 0 spiro atoms. The van der Waals surface area contributed by atoms with Crippen LogP contribution in [0.2, 0.25) is 10.0 Å². The van der Waals surface area contributed by atoms with E-state index < -0.39 is 24.2 Å². The van der Waals surface area contributed by atoms with E-state index in [1.165, 1.54) is 30.3 Å². The molecule has 5 nitrogen and oxygen atoms in total. The molecular formula is C20H15Cl4F3O5. The minimum atomic E-state index is -4.88. The summed E-state index contributed by atoms with van der Waals surface area (Å²) in [6.45, 7) is 1.70. The van der Waals surface area contributed by atoms with Crippen molar-refractivity contribution in [2.45, 2.75) is 25.8 Å². The Morgan fingerprint density at radius 3 is 2.25 bits per heavy atom. The lowest BCUT2D eigenvalue weighted by molar-refractivity contribution is -0.274. The van der Waals surface area contributed by atoms with Gasteiger partial charge in [-0.1, -0.05) is 59.4 Å². The Labute approximate surface area is 201 Å². The maximum absolute atomic E-state index is 12.5. The van der Waals surface area contributed by atoms with Gasteiger partial charge in [-0.05, 0) is 24.6 Å². The minimum absolute atomic E-state index is 0.00422. The maximum Gasteiger partial charge on any atom is 0.573 e. The van der Waals surface area contributed by atoms with Gasteiger partial charge in [0.1, 0.15) is 28.3 Å². The molecular weight excluding hydrogens is 519 g/mol. The van der Waals surface area contributed by atoms with E-state index in [-0.39, 0.29) is 39.1 Å². The van der Waals surface area contributed by atoms with E-state index in [2.05, 4.69) is 4.74 Å². The number of hydrogen-bond acceptors (Lipinski definition) is 5. The maximum atomic E-state index is 12.5. The quantitative estimate of drug-likeness (QED) is 0.249. The second-order valence-corrected chi connectivity index (χ2v) is 7.80. The molecule has 0 bridgehead atoms. The largest absolute Gasteiger partial charge is 0.573 e. The van der Waals surface area contributed by atoms with Gasteiger partial charge < -0.3 is 18.9 Å². The third kappa shape index (κ3) is 8.50. The fourth-order valence-electron chi connectivity index (χ4n) is 2.29. The molecule has 32 heavy (non-hydrogen) atoms. The summed E-state index contributed by atoms with van der Waals surface area (Å²) in [4.78, 5) is 12.5. The minimum Gasteiger partial charge on any atom is -0.489 e. The van der Waals surface area contributed by atoms with Crippen molar-refractivity contribution in [1.29, 1.82) is 0 Å². The summed E-state index contributed by atoms with van der Waals surface area (Å²) in [6, 6.07) is 7.35. The Kier molecular flexibility index (Phi) is 9.64. The summed E-state index contributed by atoms with van der Waals surface area (Å²) in [5.74, 6) is -1.26. The number of hydrogen-bond donors (Lipinski definition) is 0. The van der Waals surface area contributed by atoms with Crippen molar-refractivity contribution in [2.24, 2.45) is 0 Å². The van der Waals surface area contributed by atoms with Gasteiger partial charge >= 0.3 is 12.3 Å². The van der Waals surface area contributed by atoms with E-state index in [1.807, 2.05) is 0 Å². The zero-order chi connectivity index (χ0) is 23.9. The average Bonchev–Trinajstić information content (AvgIpc) is 2.66. The molecule has 0 N–H and O–H groups in total. The topological polar surface area (TPSA) is 54.0 Å². The summed E-state index contributed by atoms with van der Waals surface area (Å²) in [7, 11) is 0. The molecule has 0 radical (unpaired) electrons. The van der Waals surface area contributed by atoms with Crippen LogP contribution < -0.4 is 18.9 Å². The summed E-state index contributed by atoms with van der Waals surface area (Å²) >= 11 is 23.4. The number of rotatable bonds is 9. The fourth-order valence-corrected chi connectivity index (χ4v) is 2.97. The molecule has 1 unspecified atom stereocenters. The van der Waals surface area contributed by atoms with Crippen LogP contribution in [0, 0.1) is 0 Å². The third-order valence-corrected chi connectivity index (χ3v) is 4.48. The predicted octanol–water partition coefficient (Wildman–Crippen LogP) is 7.35. The standard InChI is InChI=1S/C20H15Cl4F3O5/c1-2-16(19(28)30-11-4-3-5-12(8-11)32-20(25,26)27)31-18-14(21)9-13(10-15(18)22)29-7-6-17(23)24/h3-6,8-10,16H,2,7H2,1H3. The van der Waals surface area contributed by atoms with Crippen molar-refractivity contribution in [3.8, 4) is 23.0 Å². The number of carbonyl (C=O) groups excluding carboxylic acids is 1.